The molecule has 0 radical (unpaired) electrons. The molecule has 156 valence electrons. The second-order valence-electron chi connectivity index (χ2n) is 9.07. The van der Waals surface area contributed by atoms with Gasteiger partial charge in [0.05, 0.1) is 24.7 Å². The van der Waals surface area contributed by atoms with Gasteiger partial charge in [0.25, 0.3) is 0 Å². The van der Waals surface area contributed by atoms with Gasteiger partial charge < -0.3 is 24.4 Å². The Balaban J connectivity index is 1.20. The Hall–Kier alpha value is -2.28. The predicted molar refractivity (Wildman–Crippen MR) is 105 cm³/mol. The summed E-state index contributed by atoms with van der Waals surface area (Å²) in [6, 6.07) is 5.61. The second-order valence-corrected chi connectivity index (χ2v) is 9.07. The van der Waals surface area contributed by atoms with Gasteiger partial charge in [0.2, 0.25) is 18.6 Å². The number of rotatable bonds is 5. The van der Waals surface area contributed by atoms with Crippen molar-refractivity contribution in [3.05, 3.63) is 23.8 Å². The predicted octanol–water partition coefficient (Wildman–Crippen LogP) is 1.74. The van der Waals surface area contributed by atoms with Gasteiger partial charge in [-0.2, -0.15) is 0 Å². The maximum absolute atomic E-state index is 12.5. The van der Waals surface area contributed by atoms with Crippen molar-refractivity contribution in [2.75, 3.05) is 26.4 Å². The lowest BCUT2D eigenvalue weighted by Gasteiger charge is -2.29. The summed E-state index contributed by atoms with van der Waals surface area (Å²) in [5.74, 6) is 2.20. The lowest BCUT2D eigenvalue weighted by atomic mass is 9.73. The van der Waals surface area contributed by atoms with Crippen LogP contribution in [0.5, 0.6) is 11.5 Å². The molecule has 4 aliphatic rings. The Kier molecular flexibility index (Phi) is 4.46. The highest BCUT2D eigenvalue weighted by Gasteiger charge is 2.63. The van der Waals surface area contributed by atoms with E-state index in [4.69, 9.17) is 14.2 Å². The van der Waals surface area contributed by atoms with Crippen LogP contribution in [0.15, 0.2) is 18.2 Å². The van der Waals surface area contributed by atoms with Crippen LogP contribution in [-0.2, 0) is 20.7 Å². The van der Waals surface area contributed by atoms with Crippen molar-refractivity contribution >= 4 is 11.8 Å². The van der Waals surface area contributed by atoms with Gasteiger partial charge in [0.1, 0.15) is 0 Å². The van der Waals surface area contributed by atoms with Gasteiger partial charge in [-0.25, -0.2) is 0 Å². The molecule has 0 unspecified atom stereocenters. The zero-order chi connectivity index (χ0) is 20.2. The Labute approximate surface area is 170 Å². The number of hydrogen-bond donors (Lipinski definition) is 1. The number of carbonyl (C=O) groups excluding carboxylic acids is 2. The minimum atomic E-state index is -0.193. The van der Waals surface area contributed by atoms with Crippen LogP contribution < -0.4 is 14.8 Å². The van der Waals surface area contributed by atoms with Crippen molar-refractivity contribution in [3.8, 4) is 11.5 Å². The number of nitrogens with one attached hydrogen (secondary N) is 1. The first-order chi connectivity index (χ1) is 13.9. The summed E-state index contributed by atoms with van der Waals surface area (Å²) >= 11 is 0. The lowest BCUT2D eigenvalue weighted by Crippen LogP contribution is -2.42. The number of ether oxygens (including phenoxy) is 3. The van der Waals surface area contributed by atoms with E-state index in [1.807, 2.05) is 36.9 Å². The highest BCUT2D eigenvalue weighted by Crippen LogP contribution is 2.54. The molecular formula is C22H28N2O5. The summed E-state index contributed by atoms with van der Waals surface area (Å²) in [6.07, 6.45) is 2.54. The zero-order valence-corrected chi connectivity index (χ0v) is 17.0. The monoisotopic (exact) mass is 400 g/mol. The Morgan fingerprint density at radius 2 is 2.10 bits per heavy atom. The first kappa shape index (κ1) is 18.7. The van der Waals surface area contributed by atoms with E-state index >= 15 is 0 Å². The summed E-state index contributed by atoms with van der Waals surface area (Å²) in [5, 5.41) is 3.11. The van der Waals surface area contributed by atoms with Crippen LogP contribution >= 0.6 is 0 Å². The number of carbonyl (C=O) groups is 2. The van der Waals surface area contributed by atoms with Gasteiger partial charge in [0.15, 0.2) is 11.5 Å². The molecule has 2 amide bonds. The molecule has 4 aliphatic heterocycles. The Morgan fingerprint density at radius 1 is 1.28 bits per heavy atom. The zero-order valence-electron chi connectivity index (χ0n) is 17.0. The third kappa shape index (κ3) is 3.16. The molecule has 1 aromatic carbocycles. The van der Waals surface area contributed by atoms with Crippen molar-refractivity contribution in [2.45, 2.75) is 44.8 Å². The van der Waals surface area contributed by atoms with Crippen LogP contribution in [0.3, 0.4) is 0 Å². The highest BCUT2D eigenvalue weighted by molar-refractivity contribution is 5.79. The quantitative estimate of drug-likeness (QED) is 0.815. The Bertz CT molecular complexity index is 840. The molecule has 7 heteroatoms. The third-order valence-corrected chi connectivity index (χ3v) is 6.93. The molecule has 3 saturated heterocycles. The summed E-state index contributed by atoms with van der Waals surface area (Å²) in [7, 11) is 0. The molecule has 0 saturated carbocycles. The fourth-order valence-corrected chi connectivity index (χ4v) is 5.53. The molecule has 29 heavy (non-hydrogen) atoms. The molecule has 4 atom stereocenters. The van der Waals surface area contributed by atoms with Gasteiger partial charge >= 0.3 is 0 Å². The van der Waals surface area contributed by atoms with Crippen molar-refractivity contribution < 1.29 is 23.8 Å². The van der Waals surface area contributed by atoms with Crippen molar-refractivity contribution in [3.63, 3.8) is 0 Å². The summed E-state index contributed by atoms with van der Waals surface area (Å²) in [5.41, 5.74) is 0.712. The molecule has 2 bridgehead atoms. The van der Waals surface area contributed by atoms with Gasteiger partial charge in [-0.15, -0.1) is 0 Å². The van der Waals surface area contributed by atoms with Crippen LogP contribution in [-0.4, -0.2) is 54.8 Å². The average Bonchev–Trinajstić information content (AvgIpc) is 3.44. The third-order valence-electron chi connectivity index (χ3n) is 6.93. The first-order valence-corrected chi connectivity index (χ1v) is 10.6. The van der Waals surface area contributed by atoms with Crippen LogP contribution in [0.2, 0.25) is 0 Å². The van der Waals surface area contributed by atoms with E-state index in [0.717, 1.165) is 30.7 Å². The van der Waals surface area contributed by atoms with Crippen LogP contribution in [0.1, 0.15) is 32.3 Å². The molecule has 4 heterocycles. The van der Waals surface area contributed by atoms with Crippen LogP contribution in [0, 0.1) is 17.8 Å². The SMILES string of the molecule is CC(C)C(=O)N1C[C@@H]2[C@H](CNC(=O)Cc3ccc4c(c3)OCO4)[C@H]3CC[C@]2(C1)O3. The van der Waals surface area contributed by atoms with Crippen LogP contribution in [0.25, 0.3) is 0 Å². The fraction of sp³-hybridized carbons (Fsp3) is 0.636. The van der Waals surface area contributed by atoms with Crippen molar-refractivity contribution in [1.82, 2.24) is 10.2 Å². The molecule has 7 nitrogen and oxygen atoms in total. The van der Waals surface area contributed by atoms with Crippen molar-refractivity contribution in [1.29, 1.82) is 0 Å². The summed E-state index contributed by atoms with van der Waals surface area (Å²) in [6.45, 7) is 6.17. The standard InChI is InChI=1S/C22H28N2O5/c1-13(2)21(26)24-10-16-15(17-5-6-22(16,11-24)29-17)9-23-20(25)8-14-3-4-18-19(7-14)28-12-27-18/h3-4,7,13,15-17H,5-6,8-12H2,1-2H3,(H,23,25)/t15-,16+,17+,22+/m0/s1. The van der Waals surface area contributed by atoms with Gasteiger partial charge in [-0.3, -0.25) is 9.59 Å². The number of likely N-dealkylation sites (tertiary alicyclic amines) is 1. The lowest BCUT2D eigenvalue weighted by molar-refractivity contribution is -0.135. The van der Waals surface area contributed by atoms with E-state index < -0.39 is 0 Å². The topological polar surface area (TPSA) is 77.1 Å². The molecule has 0 aromatic heterocycles. The summed E-state index contributed by atoms with van der Waals surface area (Å²) in [4.78, 5) is 27.0. The van der Waals surface area contributed by atoms with Crippen LogP contribution in [0.4, 0.5) is 0 Å². The van der Waals surface area contributed by atoms with E-state index in [0.29, 0.717) is 31.2 Å². The molecule has 1 aromatic rings. The largest absolute Gasteiger partial charge is 0.454 e. The number of nitrogens with zero attached hydrogens (tertiary/aromatic N) is 1. The maximum atomic E-state index is 12.5. The number of benzene rings is 1. The van der Waals surface area contributed by atoms with E-state index in [1.165, 1.54) is 0 Å². The van der Waals surface area contributed by atoms with E-state index in [-0.39, 0.29) is 42.1 Å². The van der Waals surface area contributed by atoms with Gasteiger partial charge in [-0.1, -0.05) is 19.9 Å². The number of hydrogen-bond acceptors (Lipinski definition) is 5. The fourth-order valence-electron chi connectivity index (χ4n) is 5.53. The molecule has 1 N–H and O–H groups in total. The van der Waals surface area contributed by atoms with Crippen molar-refractivity contribution in [2.24, 2.45) is 17.8 Å². The maximum Gasteiger partial charge on any atom is 0.231 e. The van der Waals surface area contributed by atoms with Gasteiger partial charge in [-0.05, 0) is 30.5 Å². The van der Waals surface area contributed by atoms with E-state index in [1.54, 1.807) is 0 Å². The minimum absolute atomic E-state index is 0.00211. The normalized spacial score (nSPS) is 31.4. The molecule has 5 rings (SSSR count). The molecule has 0 aliphatic carbocycles. The molecule has 1 spiro atoms. The second kappa shape index (κ2) is 6.90. The average molecular weight is 400 g/mol. The smallest absolute Gasteiger partial charge is 0.231 e. The molecule has 3 fully saturated rings. The molecular weight excluding hydrogens is 372 g/mol. The Morgan fingerprint density at radius 3 is 2.93 bits per heavy atom. The van der Waals surface area contributed by atoms with E-state index in [9.17, 15) is 9.59 Å². The summed E-state index contributed by atoms with van der Waals surface area (Å²) < 4.78 is 17.1. The number of amides is 2. The number of fused-ring (bicyclic) bond motifs is 2. The van der Waals surface area contributed by atoms with E-state index in [2.05, 4.69) is 5.32 Å². The van der Waals surface area contributed by atoms with Gasteiger partial charge in [0, 0.05) is 30.8 Å². The first-order valence-electron chi connectivity index (χ1n) is 10.6. The highest BCUT2D eigenvalue weighted by atomic mass is 16.7. The minimum Gasteiger partial charge on any atom is -0.454 e.